The second-order valence-electron chi connectivity index (χ2n) is 7.53. The maximum absolute atomic E-state index is 12.6. The number of amides is 1. The molecule has 1 atom stereocenters. The summed E-state index contributed by atoms with van der Waals surface area (Å²) in [4.78, 5) is 35.3. The highest BCUT2D eigenvalue weighted by Gasteiger charge is 2.32. The van der Waals surface area contributed by atoms with Gasteiger partial charge in [0.25, 0.3) is 5.91 Å². The number of hydrazone groups is 1. The van der Waals surface area contributed by atoms with Crippen LogP contribution in [0.25, 0.3) is 0 Å². The molecule has 0 aliphatic carbocycles. The van der Waals surface area contributed by atoms with Gasteiger partial charge in [0.05, 0.1) is 29.4 Å². The molecule has 4 N–H and O–H groups in total. The quantitative estimate of drug-likeness (QED) is 0.112. The van der Waals surface area contributed by atoms with Crippen LogP contribution in [0.3, 0.4) is 0 Å². The Balaban J connectivity index is 1.73. The third-order valence-electron chi connectivity index (χ3n) is 5.03. The van der Waals surface area contributed by atoms with Crippen LogP contribution in [0.5, 0.6) is 11.5 Å². The molecular weight excluding hydrogens is 570 g/mol. The number of nitro benzene ring substituents is 1. The first-order valence-electron chi connectivity index (χ1n) is 10.8. The highest BCUT2D eigenvalue weighted by atomic mass is 79.9. The van der Waals surface area contributed by atoms with E-state index in [1.54, 1.807) is 38.1 Å². The zero-order valence-electron chi connectivity index (χ0n) is 19.6. The molecule has 0 saturated heterocycles. The molecule has 0 aromatic heterocycles. The maximum atomic E-state index is 12.6. The Morgan fingerprint density at radius 3 is 2.78 bits per heavy atom. The number of thiocarbonyl (C=S) groups is 1. The lowest BCUT2D eigenvalue weighted by molar-refractivity contribution is -0.385. The third kappa shape index (κ3) is 6.80. The summed E-state index contributed by atoms with van der Waals surface area (Å²) in [7, 11) is 0. The van der Waals surface area contributed by atoms with Crippen LogP contribution < -0.4 is 20.8 Å². The zero-order valence-corrected chi connectivity index (χ0v) is 22.0. The molecule has 37 heavy (non-hydrogen) atoms. The SMILES string of the molecule is CCOC(=O)C1=C(C)NC(=S)N[C@H]1c1ccccc1OCC(=O)NN=Cc1cc(Br)cc([N+](=O)[O-])c1O. The van der Waals surface area contributed by atoms with Crippen LogP contribution in [0.2, 0.25) is 0 Å². The number of nitrogens with zero attached hydrogens (tertiary/aromatic N) is 2. The Kier molecular flexibility index (Phi) is 9.14. The van der Waals surface area contributed by atoms with Gasteiger partial charge in [-0.15, -0.1) is 0 Å². The molecule has 0 unspecified atom stereocenters. The van der Waals surface area contributed by atoms with Gasteiger partial charge < -0.3 is 25.2 Å². The van der Waals surface area contributed by atoms with Gasteiger partial charge in [0.1, 0.15) is 5.75 Å². The summed E-state index contributed by atoms with van der Waals surface area (Å²) in [5, 5.41) is 31.1. The van der Waals surface area contributed by atoms with Crippen molar-refractivity contribution in [1.82, 2.24) is 16.1 Å². The second kappa shape index (κ2) is 12.3. The number of para-hydroxylation sites is 1. The minimum atomic E-state index is -0.741. The number of nitro groups is 1. The summed E-state index contributed by atoms with van der Waals surface area (Å²) in [5.41, 5.74) is 3.15. The lowest BCUT2D eigenvalue weighted by Gasteiger charge is -2.30. The Morgan fingerprint density at radius 1 is 1.35 bits per heavy atom. The highest BCUT2D eigenvalue weighted by Crippen LogP contribution is 2.34. The van der Waals surface area contributed by atoms with Gasteiger partial charge >= 0.3 is 11.7 Å². The number of esters is 1. The minimum absolute atomic E-state index is 0.0224. The van der Waals surface area contributed by atoms with Crippen molar-refractivity contribution in [2.45, 2.75) is 19.9 Å². The van der Waals surface area contributed by atoms with Gasteiger partial charge in [-0.1, -0.05) is 34.1 Å². The average Bonchev–Trinajstić information content (AvgIpc) is 2.84. The number of carbonyl (C=O) groups excluding carboxylic acids is 2. The van der Waals surface area contributed by atoms with Crippen molar-refractivity contribution in [2.75, 3.05) is 13.2 Å². The van der Waals surface area contributed by atoms with Gasteiger partial charge in [-0.25, -0.2) is 10.2 Å². The van der Waals surface area contributed by atoms with Crippen molar-refractivity contribution >= 4 is 57.0 Å². The molecule has 14 heteroatoms. The number of phenolic OH excluding ortho intramolecular Hbond substituents is 1. The van der Waals surface area contributed by atoms with Crippen molar-refractivity contribution in [1.29, 1.82) is 0 Å². The largest absolute Gasteiger partial charge is 0.502 e. The topological polar surface area (TPSA) is 164 Å². The molecule has 1 heterocycles. The normalized spacial score (nSPS) is 15.1. The van der Waals surface area contributed by atoms with Crippen LogP contribution in [0.4, 0.5) is 5.69 Å². The minimum Gasteiger partial charge on any atom is -0.502 e. The van der Waals surface area contributed by atoms with Crippen LogP contribution in [0, 0.1) is 10.1 Å². The standard InChI is InChI=1S/C23H22BrN5O7S/c1-3-35-22(32)19-12(2)26-23(37)27-20(19)15-6-4-5-7-17(15)36-11-18(30)28-25-10-13-8-14(24)9-16(21(13)31)29(33)34/h4-10,20,31H,3,11H2,1-2H3,(H,28,30)(H2,26,27,37)/t20-/m0/s1. The monoisotopic (exact) mass is 591 g/mol. The Morgan fingerprint density at radius 2 is 2.08 bits per heavy atom. The van der Waals surface area contributed by atoms with E-state index in [1.165, 1.54) is 6.07 Å². The molecule has 3 rings (SSSR count). The number of carbonyl (C=O) groups is 2. The first-order chi connectivity index (χ1) is 17.6. The number of nitrogens with one attached hydrogen (secondary N) is 3. The molecule has 0 spiro atoms. The van der Waals surface area contributed by atoms with Crippen molar-refractivity contribution in [3.63, 3.8) is 0 Å². The molecule has 0 bridgehead atoms. The van der Waals surface area contributed by atoms with Crippen LogP contribution in [-0.2, 0) is 14.3 Å². The average molecular weight is 592 g/mol. The lowest BCUT2D eigenvalue weighted by Crippen LogP contribution is -2.45. The van der Waals surface area contributed by atoms with Gasteiger partial charge in [-0.2, -0.15) is 5.10 Å². The Bertz CT molecular complexity index is 1310. The molecular formula is C23H22BrN5O7S. The summed E-state index contributed by atoms with van der Waals surface area (Å²) in [6.45, 7) is 3.16. The Hall–Kier alpha value is -4.04. The molecule has 1 amide bonds. The molecule has 0 fully saturated rings. The molecule has 1 aliphatic rings. The lowest BCUT2D eigenvalue weighted by atomic mass is 9.95. The van der Waals surface area contributed by atoms with E-state index >= 15 is 0 Å². The van der Waals surface area contributed by atoms with Crippen molar-refractivity contribution < 1.29 is 29.1 Å². The van der Waals surface area contributed by atoms with E-state index in [2.05, 4.69) is 37.1 Å². The number of aromatic hydroxyl groups is 1. The van der Waals surface area contributed by atoms with Crippen LogP contribution >= 0.6 is 28.1 Å². The van der Waals surface area contributed by atoms with E-state index < -0.39 is 40.9 Å². The van der Waals surface area contributed by atoms with Crippen molar-refractivity contribution in [3.8, 4) is 11.5 Å². The number of hydrogen-bond donors (Lipinski definition) is 4. The van der Waals surface area contributed by atoms with E-state index in [-0.39, 0.29) is 12.2 Å². The number of allylic oxidation sites excluding steroid dienone is 1. The maximum Gasteiger partial charge on any atom is 0.338 e. The first kappa shape index (κ1) is 27.5. The zero-order chi connectivity index (χ0) is 27.1. The number of rotatable bonds is 9. The van der Waals surface area contributed by atoms with Crippen LogP contribution in [0.1, 0.15) is 31.0 Å². The molecule has 194 valence electrons. The first-order valence-corrected chi connectivity index (χ1v) is 12.0. The molecule has 2 aromatic carbocycles. The van der Waals surface area contributed by atoms with E-state index in [9.17, 15) is 24.8 Å². The number of hydrogen-bond acceptors (Lipinski definition) is 9. The van der Waals surface area contributed by atoms with Gasteiger partial charge in [0, 0.05) is 27.4 Å². The Labute approximate surface area is 225 Å². The summed E-state index contributed by atoms with van der Waals surface area (Å²) in [6, 6.07) is 8.68. The molecule has 0 saturated carbocycles. The highest BCUT2D eigenvalue weighted by molar-refractivity contribution is 9.10. The van der Waals surface area contributed by atoms with Crippen LogP contribution in [0.15, 0.2) is 57.2 Å². The van der Waals surface area contributed by atoms with Gasteiger partial charge in [0.2, 0.25) is 5.75 Å². The number of halogens is 1. The fourth-order valence-electron chi connectivity index (χ4n) is 3.45. The second-order valence-corrected chi connectivity index (χ2v) is 8.85. The molecule has 2 aromatic rings. The fourth-order valence-corrected chi connectivity index (χ4v) is 4.18. The summed E-state index contributed by atoms with van der Waals surface area (Å²) in [5.74, 6) is -1.44. The number of benzene rings is 2. The van der Waals surface area contributed by atoms with Gasteiger partial charge in [-0.05, 0) is 38.2 Å². The van der Waals surface area contributed by atoms with Crippen molar-refractivity contribution in [2.24, 2.45) is 5.10 Å². The van der Waals surface area contributed by atoms with E-state index in [0.717, 1.165) is 12.3 Å². The summed E-state index contributed by atoms with van der Waals surface area (Å²) in [6.07, 6.45) is 1.07. The van der Waals surface area contributed by atoms with Gasteiger partial charge in [0.15, 0.2) is 11.7 Å². The van der Waals surface area contributed by atoms with Gasteiger partial charge in [-0.3, -0.25) is 14.9 Å². The van der Waals surface area contributed by atoms with E-state index in [0.29, 0.717) is 32.2 Å². The third-order valence-corrected chi connectivity index (χ3v) is 5.70. The fraction of sp³-hybridized carbons (Fsp3) is 0.217. The summed E-state index contributed by atoms with van der Waals surface area (Å²) < 4.78 is 11.2. The van der Waals surface area contributed by atoms with E-state index in [1.807, 2.05) is 0 Å². The molecule has 1 aliphatic heterocycles. The van der Waals surface area contributed by atoms with E-state index in [4.69, 9.17) is 21.7 Å². The summed E-state index contributed by atoms with van der Waals surface area (Å²) >= 11 is 8.38. The predicted molar refractivity (Wildman–Crippen MR) is 141 cm³/mol. The van der Waals surface area contributed by atoms with Crippen molar-refractivity contribution in [3.05, 3.63) is 73.4 Å². The smallest absolute Gasteiger partial charge is 0.338 e. The molecule has 12 nitrogen and oxygen atoms in total. The van der Waals surface area contributed by atoms with Crippen LogP contribution in [-0.4, -0.2) is 46.4 Å². The number of phenols is 1. The number of ether oxygens (including phenoxy) is 2. The molecule has 0 radical (unpaired) electrons. The predicted octanol–water partition coefficient (Wildman–Crippen LogP) is 2.95.